The fourth-order valence-electron chi connectivity index (χ4n) is 1.98. The van der Waals surface area contributed by atoms with Gasteiger partial charge in [0.1, 0.15) is 5.82 Å². The van der Waals surface area contributed by atoms with Gasteiger partial charge >= 0.3 is 0 Å². The third kappa shape index (κ3) is 3.87. The Bertz CT molecular complexity index is 645. The molecule has 0 amide bonds. The molecule has 0 unspecified atom stereocenters. The fraction of sp³-hybridized carbons (Fsp3) is 0.333. The average Bonchev–Trinajstić information content (AvgIpc) is 2.43. The number of rotatable bonds is 4. The molecule has 0 radical (unpaired) electrons. The molecule has 0 spiro atoms. The van der Waals surface area contributed by atoms with E-state index in [1.807, 2.05) is 0 Å². The van der Waals surface area contributed by atoms with Gasteiger partial charge in [-0.25, -0.2) is 18.7 Å². The van der Waals surface area contributed by atoms with Gasteiger partial charge in [-0.2, -0.15) is 0 Å². The minimum Gasteiger partial charge on any atom is -0.383 e. The molecule has 2 rings (SSSR count). The van der Waals surface area contributed by atoms with E-state index in [0.29, 0.717) is 23.1 Å². The van der Waals surface area contributed by atoms with Crippen LogP contribution < -0.4 is 5.73 Å². The first kappa shape index (κ1) is 16.1. The van der Waals surface area contributed by atoms with E-state index >= 15 is 0 Å². The van der Waals surface area contributed by atoms with Crippen molar-refractivity contribution in [2.45, 2.75) is 26.7 Å². The lowest BCUT2D eigenvalue weighted by atomic mass is 10.1. The van der Waals surface area contributed by atoms with E-state index < -0.39 is 6.43 Å². The summed E-state index contributed by atoms with van der Waals surface area (Å²) in [7, 11) is 0. The van der Waals surface area contributed by atoms with Crippen molar-refractivity contribution in [2.24, 2.45) is 5.92 Å². The number of alkyl halides is 2. The normalized spacial score (nSPS) is 11.4. The second kappa shape index (κ2) is 6.64. The highest BCUT2D eigenvalue weighted by Crippen LogP contribution is 2.27. The summed E-state index contributed by atoms with van der Waals surface area (Å²) in [5, 5.41) is 0. The van der Waals surface area contributed by atoms with Crippen molar-refractivity contribution in [2.75, 3.05) is 5.73 Å². The van der Waals surface area contributed by atoms with Gasteiger partial charge in [-0.15, -0.1) is 0 Å². The van der Waals surface area contributed by atoms with Crippen LogP contribution in [0.5, 0.6) is 0 Å². The molecule has 2 aromatic rings. The standard InChI is InChI=1S/C15H16F2IN3/c1-8(2)6-11-12(18)14(19)21-15(20-11)10-5-3-4-9(7-10)13(16)17/h3-5,7-8,13H,6H2,1-2H3,(H2,19,20,21). The third-order valence-corrected chi connectivity index (χ3v) is 4.12. The molecule has 0 saturated carbocycles. The van der Waals surface area contributed by atoms with Gasteiger partial charge in [-0.05, 0) is 41.0 Å². The van der Waals surface area contributed by atoms with Crippen LogP contribution >= 0.6 is 22.6 Å². The monoisotopic (exact) mass is 403 g/mol. The van der Waals surface area contributed by atoms with Crippen LogP contribution in [-0.2, 0) is 6.42 Å². The van der Waals surface area contributed by atoms with Crippen molar-refractivity contribution < 1.29 is 8.78 Å². The van der Waals surface area contributed by atoms with E-state index in [1.165, 1.54) is 12.1 Å². The highest BCUT2D eigenvalue weighted by molar-refractivity contribution is 14.1. The number of halogens is 3. The Kier molecular flexibility index (Phi) is 5.08. The van der Waals surface area contributed by atoms with Crippen molar-refractivity contribution in [3.63, 3.8) is 0 Å². The molecule has 1 aromatic carbocycles. The van der Waals surface area contributed by atoms with Gasteiger partial charge in [0.05, 0.1) is 9.26 Å². The number of aromatic nitrogens is 2. The van der Waals surface area contributed by atoms with Crippen LogP contribution in [0.3, 0.4) is 0 Å². The maximum absolute atomic E-state index is 12.8. The van der Waals surface area contributed by atoms with Gasteiger partial charge in [-0.1, -0.05) is 32.0 Å². The van der Waals surface area contributed by atoms with Gasteiger partial charge in [-0.3, -0.25) is 0 Å². The minimum atomic E-state index is -2.51. The van der Waals surface area contributed by atoms with Crippen LogP contribution in [0.25, 0.3) is 11.4 Å². The molecule has 112 valence electrons. The molecule has 3 nitrogen and oxygen atoms in total. The molecular formula is C15H16F2IN3. The highest BCUT2D eigenvalue weighted by atomic mass is 127. The smallest absolute Gasteiger partial charge is 0.263 e. The molecule has 2 N–H and O–H groups in total. The Morgan fingerprint density at radius 2 is 1.95 bits per heavy atom. The molecule has 21 heavy (non-hydrogen) atoms. The van der Waals surface area contributed by atoms with Crippen LogP contribution in [0.4, 0.5) is 14.6 Å². The summed E-state index contributed by atoms with van der Waals surface area (Å²) in [4.78, 5) is 8.73. The van der Waals surface area contributed by atoms with E-state index in [1.54, 1.807) is 12.1 Å². The topological polar surface area (TPSA) is 51.8 Å². The Labute approximate surface area is 136 Å². The molecule has 0 saturated heterocycles. The van der Waals surface area contributed by atoms with Crippen molar-refractivity contribution in [1.29, 1.82) is 0 Å². The molecule has 0 aliphatic carbocycles. The summed E-state index contributed by atoms with van der Waals surface area (Å²) in [6.45, 7) is 4.18. The van der Waals surface area contributed by atoms with Crippen LogP contribution in [0, 0.1) is 9.49 Å². The zero-order valence-electron chi connectivity index (χ0n) is 11.8. The molecular weight excluding hydrogens is 387 g/mol. The first-order valence-corrected chi connectivity index (χ1v) is 7.66. The summed E-state index contributed by atoms with van der Waals surface area (Å²) in [5.74, 6) is 1.21. The van der Waals surface area contributed by atoms with Gasteiger partial charge in [0.15, 0.2) is 5.82 Å². The lowest BCUT2D eigenvalue weighted by molar-refractivity contribution is 0.151. The number of nitrogens with zero attached hydrogens (tertiary/aromatic N) is 2. The largest absolute Gasteiger partial charge is 0.383 e. The number of hydrogen-bond acceptors (Lipinski definition) is 3. The number of benzene rings is 1. The molecule has 0 aliphatic rings. The molecule has 0 aliphatic heterocycles. The average molecular weight is 403 g/mol. The van der Waals surface area contributed by atoms with Crippen molar-refractivity contribution >= 4 is 28.4 Å². The molecule has 0 bridgehead atoms. The van der Waals surface area contributed by atoms with Crippen LogP contribution in [0.2, 0.25) is 0 Å². The lowest BCUT2D eigenvalue weighted by Gasteiger charge is -2.11. The second-order valence-corrected chi connectivity index (χ2v) is 6.30. The molecule has 0 atom stereocenters. The third-order valence-electron chi connectivity index (χ3n) is 2.94. The summed E-state index contributed by atoms with van der Waals surface area (Å²) in [6, 6.07) is 6.09. The predicted molar refractivity (Wildman–Crippen MR) is 88.1 cm³/mol. The van der Waals surface area contributed by atoms with Crippen LogP contribution in [-0.4, -0.2) is 9.97 Å². The predicted octanol–water partition coefficient (Wildman–Crippen LogP) is 4.47. The van der Waals surface area contributed by atoms with Gasteiger partial charge < -0.3 is 5.73 Å². The maximum Gasteiger partial charge on any atom is 0.263 e. The highest BCUT2D eigenvalue weighted by Gasteiger charge is 2.14. The maximum atomic E-state index is 12.8. The summed E-state index contributed by atoms with van der Waals surface area (Å²) in [6.07, 6.45) is -1.74. The molecule has 1 aromatic heterocycles. The summed E-state index contributed by atoms with van der Waals surface area (Å²) in [5.41, 5.74) is 7.30. The number of anilines is 1. The van der Waals surface area contributed by atoms with E-state index in [-0.39, 0.29) is 5.56 Å². The summed E-state index contributed by atoms with van der Waals surface area (Å²) >= 11 is 2.12. The van der Waals surface area contributed by atoms with Gasteiger partial charge in [0.25, 0.3) is 6.43 Å². The zero-order chi connectivity index (χ0) is 15.6. The first-order valence-electron chi connectivity index (χ1n) is 6.59. The number of hydrogen-bond donors (Lipinski definition) is 1. The Balaban J connectivity index is 2.49. The molecule has 6 heteroatoms. The SMILES string of the molecule is CC(C)Cc1nc(-c2cccc(C(F)F)c2)nc(N)c1I. The number of nitrogen functional groups attached to an aromatic ring is 1. The van der Waals surface area contributed by atoms with E-state index in [0.717, 1.165) is 15.7 Å². The minimum absolute atomic E-state index is 0.0429. The zero-order valence-corrected chi connectivity index (χ0v) is 13.9. The van der Waals surface area contributed by atoms with Crippen molar-refractivity contribution in [1.82, 2.24) is 9.97 Å². The fourth-order valence-corrected chi connectivity index (χ4v) is 2.44. The van der Waals surface area contributed by atoms with E-state index in [4.69, 9.17) is 5.73 Å². The quantitative estimate of drug-likeness (QED) is 0.767. The Morgan fingerprint density at radius 3 is 2.57 bits per heavy atom. The van der Waals surface area contributed by atoms with Crippen molar-refractivity contribution in [3.05, 3.63) is 39.1 Å². The Hall–Kier alpha value is -1.31. The molecule has 0 fully saturated rings. The van der Waals surface area contributed by atoms with E-state index in [2.05, 4.69) is 46.4 Å². The lowest BCUT2D eigenvalue weighted by Crippen LogP contribution is -2.07. The first-order chi connectivity index (χ1) is 9.88. The second-order valence-electron chi connectivity index (χ2n) is 5.22. The van der Waals surface area contributed by atoms with Crippen molar-refractivity contribution in [3.8, 4) is 11.4 Å². The van der Waals surface area contributed by atoms with Gasteiger partial charge in [0, 0.05) is 11.1 Å². The Morgan fingerprint density at radius 1 is 1.24 bits per heavy atom. The summed E-state index contributed by atoms with van der Waals surface area (Å²) < 4.78 is 26.4. The van der Waals surface area contributed by atoms with Crippen LogP contribution in [0.15, 0.2) is 24.3 Å². The van der Waals surface area contributed by atoms with Crippen LogP contribution in [0.1, 0.15) is 31.5 Å². The van der Waals surface area contributed by atoms with Gasteiger partial charge in [0.2, 0.25) is 0 Å². The number of nitrogens with two attached hydrogens (primary N) is 1. The molecule has 1 heterocycles. The van der Waals surface area contributed by atoms with E-state index in [9.17, 15) is 8.78 Å².